The van der Waals surface area contributed by atoms with Crippen LogP contribution in [0.25, 0.3) is 39.5 Å². The van der Waals surface area contributed by atoms with Crippen LogP contribution in [0.15, 0.2) is 55.1 Å². The molecule has 0 unspecified atom stereocenters. The summed E-state index contributed by atoms with van der Waals surface area (Å²) in [5.41, 5.74) is 14.5. The molecule has 0 aliphatic carbocycles. The first-order valence-electron chi connectivity index (χ1n) is 12.8. The van der Waals surface area contributed by atoms with Gasteiger partial charge in [-0.05, 0) is 50.4 Å². The van der Waals surface area contributed by atoms with Gasteiger partial charge < -0.3 is 25.4 Å². The first-order chi connectivity index (χ1) is 18.0. The van der Waals surface area contributed by atoms with E-state index in [9.17, 15) is 0 Å². The normalized spacial score (nSPS) is 17.4. The number of rotatable bonds is 6. The van der Waals surface area contributed by atoms with E-state index in [0.29, 0.717) is 0 Å². The molecule has 2 aliphatic heterocycles. The maximum atomic E-state index is 5.97. The third kappa shape index (κ3) is 4.41. The summed E-state index contributed by atoms with van der Waals surface area (Å²) in [5, 5.41) is 7.79. The summed E-state index contributed by atoms with van der Waals surface area (Å²) in [6.45, 7) is 11.8. The number of anilines is 1. The molecule has 2 fully saturated rings. The van der Waals surface area contributed by atoms with E-state index in [1.807, 2.05) is 36.4 Å². The molecule has 0 aromatic carbocycles. The number of allylic oxidation sites excluding steroid dienone is 2. The minimum Gasteiger partial charge on any atom is -0.368 e. The molecule has 190 valence electrons. The van der Waals surface area contributed by atoms with Gasteiger partial charge in [0.1, 0.15) is 17.0 Å². The van der Waals surface area contributed by atoms with Crippen LogP contribution in [0, 0.1) is 6.92 Å². The molecule has 0 saturated carbocycles. The Morgan fingerprint density at radius 3 is 2.62 bits per heavy atom. The van der Waals surface area contributed by atoms with E-state index in [0.717, 1.165) is 90.2 Å². The molecule has 0 amide bonds. The lowest BCUT2D eigenvalue weighted by Crippen LogP contribution is -2.56. The molecule has 2 aliphatic rings. The second-order valence-electron chi connectivity index (χ2n) is 10.0. The Bertz CT molecular complexity index is 1470. The van der Waals surface area contributed by atoms with Crippen molar-refractivity contribution in [2.75, 3.05) is 51.2 Å². The lowest BCUT2D eigenvalue weighted by atomic mass is 10.1. The summed E-state index contributed by atoms with van der Waals surface area (Å²) in [7, 11) is 2.17. The van der Waals surface area contributed by atoms with Crippen molar-refractivity contribution in [3.05, 3.63) is 66.4 Å². The molecule has 0 bridgehead atoms. The highest BCUT2D eigenvalue weighted by atomic mass is 15.3. The number of H-pyrrole nitrogens is 2. The quantitative estimate of drug-likeness (QED) is 0.353. The predicted molar refractivity (Wildman–Crippen MR) is 149 cm³/mol. The highest BCUT2D eigenvalue weighted by Crippen LogP contribution is 2.32. The summed E-state index contributed by atoms with van der Waals surface area (Å²) < 4.78 is 0. The number of nitrogens with two attached hydrogens (primary N) is 1. The predicted octanol–water partition coefficient (Wildman–Crippen LogP) is 3.25. The van der Waals surface area contributed by atoms with Crippen molar-refractivity contribution in [3.8, 4) is 22.8 Å². The van der Waals surface area contributed by atoms with Gasteiger partial charge in [0.2, 0.25) is 0 Å². The minimum atomic E-state index is 0.223. The van der Waals surface area contributed by atoms with Gasteiger partial charge in [0.15, 0.2) is 0 Å². The fourth-order valence-electron chi connectivity index (χ4n) is 5.15. The molecule has 4 aromatic heterocycles. The van der Waals surface area contributed by atoms with Crippen molar-refractivity contribution in [1.29, 1.82) is 0 Å². The van der Waals surface area contributed by atoms with Crippen LogP contribution in [-0.2, 0) is 0 Å². The first-order valence-corrected chi connectivity index (χ1v) is 12.8. The van der Waals surface area contributed by atoms with Gasteiger partial charge in [0.05, 0.1) is 22.6 Å². The monoisotopic (exact) mass is 495 g/mol. The Kier molecular flexibility index (Phi) is 6.02. The van der Waals surface area contributed by atoms with Crippen molar-refractivity contribution < 1.29 is 0 Å². The maximum Gasteiger partial charge on any atom is 0.135 e. The van der Waals surface area contributed by atoms with Crippen LogP contribution < -0.4 is 10.6 Å². The third-order valence-corrected chi connectivity index (χ3v) is 7.30. The maximum absolute atomic E-state index is 5.97. The standard InChI is InChI=1S/C28H33N9/c1-4-6-25(36-13-11-35(3)12-14-36)20-15-24(30-18(20)2)28-27-23(33-34-28)10-9-22(32-27)21-7-5-8-26(31-21)37-16-19(29)17-37/h4-10,15,19,30H,1,11-14,16-17,29H2,2-3H3,(H,33,34)/b25-6+. The van der Waals surface area contributed by atoms with Crippen LogP contribution in [0.3, 0.4) is 0 Å². The van der Waals surface area contributed by atoms with Crippen LogP contribution in [-0.4, -0.2) is 87.3 Å². The third-order valence-electron chi connectivity index (χ3n) is 7.30. The molecule has 9 heteroatoms. The van der Waals surface area contributed by atoms with E-state index in [1.54, 1.807) is 0 Å². The molecular weight excluding hydrogens is 462 g/mol. The van der Waals surface area contributed by atoms with E-state index in [4.69, 9.17) is 15.7 Å². The Hall–Kier alpha value is -3.95. The average molecular weight is 496 g/mol. The summed E-state index contributed by atoms with van der Waals surface area (Å²) in [4.78, 5) is 20.4. The zero-order valence-electron chi connectivity index (χ0n) is 21.4. The molecule has 4 aromatic rings. The summed E-state index contributed by atoms with van der Waals surface area (Å²) in [6, 6.07) is 12.5. The number of nitrogens with one attached hydrogen (secondary N) is 2. The van der Waals surface area contributed by atoms with E-state index in [2.05, 4.69) is 62.6 Å². The Labute approximate surface area is 216 Å². The molecule has 0 atom stereocenters. The number of hydrogen-bond acceptors (Lipinski definition) is 7. The van der Waals surface area contributed by atoms with Gasteiger partial charge >= 0.3 is 0 Å². The number of fused-ring (bicyclic) bond motifs is 1. The number of aromatic nitrogens is 5. The Morgan fingerprint density at radius 2 is 1.86 bits per heavy atom. The fourth-order valence-corrected chi connectivity index (χ4v) is 5.15. The number of aromatic amines is 2. The molecule has 0 radical (unpaired) electrons. The molecule has 6 heterocycles. The van der Waals surface area contributed by atoms with Gasteiger partial charge in [-0.25, -0.2) is 9.97 Å². The fraction of sp³-hybridized carbons (Fsp3) is 0.321. The molecule has 4 N–H and O–H groups in total. The molecule has 0 spiro atoms. The SMILES string of the molecule is C=C/C=C(\c1cc(-c2n[nH]c3ccc(-c4cccc(N5CC(N)C5)n4)nc23)[nH]c1C)N1CCN(C)CC1. The number of aryl methyl sites for hydroxylation is 1. The lowest BCUT2D eigenvalue weighted by molar-refractivity contribution is 0.207. The van der Waals surface area contributed by atoms with Crippen LogP contribution in [0.1, 0.15) is 11.3 Å². The number of nitrogens with zero attached hydrogens (tertiary/aromatic N) is 6. The largest absolute Gasteiger partial charge is 0.368 e. The van der Waals surface area contributed by atoms with Crippen molar-refractivity contribution >= 4 is 22.5 Å². The first kappa shape index (κ1) is 23.4. The summed E-state index contributed by atoms with van der Waals surface area (Å²) in [5.74, 6) is 0.934. The second kappa shape index (κ2) is 9.49. The summed E-state index contributed by atoms with van der Waals surface area (Å²) in [6.07, 6.45) is 3.97. The number of hydrogen-bond donors (Lipinski definition) is 3. The van der Waals surface area contributed by atoms with Crippen molar-refractivity contribution in [3.63, 3.8) is 0 Å². The van der Waals surface area contributed by atoms with Gasteiger partial charge in [-0.3, -0.25) is 5.10 Å². The molecule has 37 heavy (non-hydrogen) atoms. The van der Waals surface area contributed by atoms with E-state index in [1.165, 1.54) is 5.70 Å². The van der Waals surface area contributed by atoms with Crippen LogP contribution in [0.2, 0.25) is 0 Å². The van der Waals surface area contributed by atoms with Crippen LogP contribution >= 0.6 is 0 Å². The van der Waals surface area contributed by atoms with Crippen LogP contribution in [0.5, 0.6) is 0 Å². The minimum absolute atomic E-state index is 0.223. The smallest absolute Gasteiger partial charge is 0.135 e. The van der Waals surface area contributed by atoms with E-state index < -0.39 is 0 Å². The van der Waals surface area contributed by atoms with Gasteiger partial charge in [-0.1, -0.05) is 18.7 Å². The Morgan fingerprint density at radius 1 is 1.08 bits per heavy atom. The highest BCUT2D eigenvalue weighted by molar-refractivity contribution is 5.91. The molecular formula is C28H33N9. The van der Waals surface area contributed by atoms with Crippen molar-refractivity contribution in [1.82, 2.24) is 34.9 Å². The Balaban J connectivity index is 1.34. The number of piperazine rings is 1. The van der Waals surface area contributed by atoms with E-state index in [-0.39, 0.29) is 6.04 Å². The van der Waals surface area contributed by atoms with Crippen molar-refractivity contribution in [2.45, 2.75) is 13.0 Å². The molecule has 9 nitrogen and oxygen atoms in total. The topological polar surface area (TPSA) is 106 Å². The average Bonchev–Trinajstić information content (AvgIpc) is 3.49. The van der Waals surface area contributed by atoms with Gasteiger partial charge in [-0.15, -0.1) is 0 Å². The number of pyridine rings is 2. The highest BCUT2D eigenvalue weighted by Gasteiger charge is 2.25. The summed E-state index contributed by atoms with van der Waals surface area (Å²) >= 11 is 0. The molecule has 2 saturated heterocycles. The van der Waals surface area contributed by atoms with Gasteiger partial charge in [0.25, 0.3) is 0 Å². The second-order valence-corrected chi connectivity index (χ2v) is 10.0. The lowest BCUT2D eigenvalue weighted by Gasteiger charge is -2.37. The van der Waals surface area contributed by atoms with Crippen molar-refractivity contribution in [2.24, 2.45) is 5.73 Å². The van der Waals surface area contributed by atoms with Gasteiger partial charge in [-0.2, -0.15) is 5.10 Å². The van der Waals surface area contributed by atoms with E-state index >= 15 is 0 Å². The molecule has 6 rings (SSSR count). The van der Waals surface area contributed by atoms with Crippen LogP contribution in [0.4, 0.5) is 5.82 Å². The number of likely N-dealkylation sites (N-methyl/N-ethyl adjacent to an activating group) is 1. The zero-order valence-corrected chi connectivity index (χ0v) is 21.4. The zero-order chi connectivity index (χ0) is 25.5. The van der Waals surface area contributed by atoms with Gasteiger partial charge in [0, 0.05) is 62.3 Å².